The zero-order valence-corrected chi connectivity index (χ0v) is 16.8. The standard InChI is InChI=1S/C20H19BrN2O5/c1-27-17-5-3-2-4-16(17)22-18(24)12-28-20(26)13-10-19(25)23(11-13)15-8-6-14(21)7-9-15/h2-9,13H,10-12H2,1H3,(H,22,24)/t13-/m0/s1. The average molecular weight is 447 g/mol. The van der Waals surface area contributed by atoms with Crippen LogP contribution in [0.1, 0.15) is 6.42 Å². The molecule has 0 aliphatic carbocycles. The van der Waals surface area contributed by atoms with Gasteiger partial charge in [-0.1, -0.05) is 28.1 Å². The Kier molecular flexibility index (Phi) is 6.30. The first-order chi connectivity index (χ1) is 13.5. The van der Waals surface area contributed by atoms with E-state index in [0.717, 1.165) is 10.2 Å². The van der Waals surface area contributed by atoms with E-state index in [-0.39, 0.29) is 18.9 Å². The monoisotopic (exact) mass is 446 g/mol. The molecule has 0 saturated carbocycles. The summed E-state index contributed by atoms with van der Waals surface area (Å²) in [6.45, 7) is -0.201. The minimum absolute atomic E-state index is 0.0586. The van der Waals surface area contributed by atoms with Crippen molar-refractivity contribution in [1.82, 2.24) is 0 Å². The first-order valence-corrected chi connectivity index (χ1v) is 9.42. The van der Waals surface area contributed by atoms with Crippen molar-refractivity contribution in [3.8, 4) is 5.75 Å². The third-order valence-electron chi connectivity index (χ3n) is 4.32. The zero-order valence-electron chi connectivity index (χ0n) is 15.2. The maximum Gasteiger partial charge on any atom is 0.311 e. The number of anilines is 2. The Morgan fingerprint density at radius 3 is 2.61 bits per heavy atom. The number of hydrogen-bond acceptors (Lipinski definition) is 5. The van der Waals surface area contributed by atoms with Crippen LogP contribution in [0.3, 0.4) is 0 Å². The van der Waals surface area contributed by atoms with Crippen molar-refractivity contribution in [2.24, 2.45) is 5.92 Å². The summed E-state index contributed by atoms with van der Waals surface area (Å²) in [5.74, 6) is -1.29. The Balaban J connectivity index is 1.53. The van der Waals surface area contributed by atoms with Gasteiger partial charge in [0, 0.05) is 23.1 Å². The molecule has 1 saturated heterocycles. The van der Waals surface area contributed by atoms with Crippen molar-refractivity contribution < 1.29 is 23.9 Å². The molecular weight excluding hydrogens is 428 g/mol. The fourth-order valence-corrected chi connectivity index (χ4v) is 3.19. The van der Waals surface area contributed by atoms with Gasteiger partial charge in [0.05, 0.1) is 18.7 Å². The molecule has 3 rings (SSSR count). The Morgan fingerprint density at radius 2 is 1.89 bits per heavy atom. The fraction of sp³-hybridized carbons (Fsp3) is 0.250. The number of ether oxygens (including phenoxy) is 2. The van der Waals surface area contributed by atoms with E-state index in [4.69, 9.17) is 9.47 Å². The number of carbonyl (C=O) groups excluding carboxylic acids is 3. The van der Waals surface area contributed by atoms with Gasteiger partial charge in [-0.25, -0.2) is 0 Å². The highest BCUT2D eigenvalue weighted by atomic mass is 79.9. The quantitative estimate of drug-likeness (QED) is 0.689. The SMILES string of the molecule is COc1ccccc1NC(=O)COC(=O)[C@H]1CC(=O)N(c2ccc(Br)cc2)C1. The number of carbonyl (C=O) groups is 3. The molecule has 1 heterocycles. The van der Waals surface area contributed by atoms with Gasteiger partial charge in [-0.3, -0.25) is 14.4 Å². The van der Waals surface area contributed by atoms with Crippen molar-refractivity contribution in [2.45, 2.75) is 6.42 Å². The maximum atomic E-state index is 12.3. The van der Waals surface area contributed by atoms with Crippen molar-refractivity contribution in [3.63, 3.8) is 0 Å². The molecule has 0 aromatic heterocycles. The number of nitrogens with zero attached hydrogens (tertiary/aromatic N) is 1. The molecule has 1 N–H and O–H groups in total. The number of esters is 1. The van der Waals surface area contributed by atoms with E-state index in [1.54, 1.807) is 41.3 Å². The summed E-state index contributed by atoms with van der Waals surface area (Å²) in [6, 6.07) is 14.2. The third kappa shape index (κ3) is 4.69. The predicted molar refractivity (Wildman–Crippen MR) is 107 cm³/mol. The van der Waals surface area contributed by atoms with E-state index in [2.05, 4.69) is 21.2 Å². The summed E-state index contributed by atoms with van der Waals surface area (Å²) in [6.07, 6.45) is 0.0586. The molecular formula is C20H19BrN2O5. The first kappa shape index (κ1) is 19.9. The van der Waals surface area contributed by atoms with E-state index in [1.807, 2.05) is 12.1 Å². The lowest BCUT2D eigenvalue weighted by Gasteiger charge is -2.16. The van der Waals surface area contributed by atoms with Gasteiger partial charge in [0.1, 0.15) is 5.75 Å². The molecule has 1 fully saturated rings. The van der Waals surface area contributed by atoms with E-state index in [0.29, 0.717) is 11.4 Å². The van der Waals surface area contributed by atoms with E-state index in [9.17, 15) is 14.4 Å². The summed E-state index contributed by atoms with van der Waals surface area (Å²) in [4.78, 5) is 38.1. The van der Waals surface area contributed by atoms with Crippen LogP contribution in [0.4, 0.5) is 11.4 Å². The van der Waals surface area contributed by atoms with Gasteiger partial charge in [-0.15, -0.1) is 0 Å². The molecule has 28 heavy (non-hydrogen) atoms. The molecule has 8 heteroatoms. The Hall–Kier alpha value is -2.87. The molecule has 7 nitrogen and oxygen atoms in total. The highest BCUT2D eigenvalue weighted by molar-refractivity contribution is 9.10. The van der Waals surface area contributed by atoms with Crippen LogP contribution in [-0.4, -0.2) is 38.0 Å². The van der Waals surface area contributed by atoms with Gasteiger partial charge in [-0.2, -0.15) is 0 Å². The number of amides is 2. The molecule has 0 spiro atoms. The van der Waals surface area contributed by atoms with Crippen LogP contribution in [0.2, 0.25) is 0 Å². The van der Waals surface area contributed by atoms with Crippen molar-refractivity contribution in [2.75, 3.05) is 30.5 Å². The number of methoxy groups -OCH3 is 1. The number of halogens is 1. The largest absolute Gasteiger partial charge is 0.495 e. The smallest absolute Gasteiger partial charge is 0.311 e. The average Bonchev–Trinajstić information content (AvgIpc) is 3.09. The molecule has 0 bridgehead atoms. The highest BCUT2D eigenvalue weighted by Gasteiger charge is 2.36. The number of para-hydroxylation sites is 2. The summed E-state index contributed by atoms with van der Waals surface area (Å²) >= 11 is 3.35. The van der Waals surface area contributed by atoms with Crippen LogP contribution >= 0.6 is 15.9 Å². The van der Waals surface area contributed by atoms with Crippen molar-refractivity contribution in [3.05, 3.63) is 53.0 Å². The minimum atomic E-state index is -0.602. The molecule has 2 amide bonds. The van der Waals surface area contributed by atoms with Gasteiger partial charge < -0.3 is 19.7 Å². The Labute approximate surface area is 170 Å². The second-order valence-corrected chi connectivity index (χ2v) is 7.15. The van der Waals surface area contributed by atoms with Crippen molar-refractivity contribution >= 4 is 45.1 Å². The minimum Gasteiger partial charge on any atom is -0.495 e. The number of rotatable bonds is 6. The first-order valence-electron chi connectivity index (χ1n) is 8.63. The lowest BCUT2D eigenvalue weighted by molar-refractivity contribution is -0.151. The summed E-state index contributed by atoms with van der Waals surface area (Å²) < 4.78 is 11.2. The van der Waals surface area contributed by atoms with Gasteiger partial charge in [0.15, 0.2) is 6.61 Å². The second kappa shape index (κ2) is 8.88. The number of benzene rings is 2. The van der Waals surface area contributed by atoms with Crippen LogP contribution in [0.25, 0.3) is 0 Å². The number of hydrogen-bond donors (Lipinski definition) is 1. The molecule has 1 atom stereocenters. The molecule has 1 aliphatic rings. The van der Waals surface area contributed by atoms with E-state index in [1.165, 1.54) is 7.11 Å². The maximum absolute atomic E-state index is 12.3. The lowest BCUT2D eigenvalue weighted by atomic mass is 10.1. The molecule has 0 unspecified atom stereocenters. The molecule has 2 aromatic rings. The predicted octanol–water partition coefficient (Wildman–Crippen LogP) is 2.99. The summed E-state index contributed by atoms with van der Waals surface area (Å²) in [5, 5.41) is 2.63. The molecule has 0 radical (unpaired) electrons. The van der Waals surface area contributed by atoms with Gasteiger partial charge in [-0.05, 0) is 36.4 Å². The van der Waals surface area contributed by atoms with Gasteiger partial charge in [0.2, 0.25) is 5.91 Å². The van der Waals surface area contributed by atoms with Gasteiger partial charge in [0.25, 0.3) is 5.91 Å². The van der Waals surface area contributed by atoms with E-state index < -0.39 is 24.4 Å². The van der Waals surface area contributed by atoms with Crippen LogP contribution in [0.15, 0.2) is 53.0 Å². The van der Waals surface area contributed by atoms with Crippen LogP contribution < -0.4 is 15.0 Å². The van der Waals surface area contributed by atoms with Gasteiger partial charge >= 0.3 is 5.97 Å². The van der Waals surface area contributed by atoms with E-state index >= 15 is 0 Å². The van der Waals surface area contributed by atoms with Crippen molar-refractivity contribution in [1.29, 1.82) is 0 Å². The summed E-state index contributed by atoms with van der Waals surface area (Å²) in [7, 11) is 1.50. The molecule has 146 valence electrons. The number of nitrogens with one attached hydrogen (secondary N) is 1. The zero-order chi connectivity index (χ0) is 20.1. The lowest BCUT2D eigenvalue weighted by Crippen LogP contribution is -2.28. The molecule has 2 aromatic carbocycles. The Morgan fingerprint density at radius 1 is 1.18 bits per heavy atom. The third-order valence-corrected chi connectivity index (χ3v) is 4.85. The second-order valence-electron chi connectivity index (χ2n) is 6.24. The van der Waals surface area contributed by atoms with Crippen LogP contribution in [0, 0.1) is 5.92 Å². The van der Waals surface area contributed by atoms with Crippen LogP contribution in [-0.2, 0) is 19.1 Å². The fourth-order valence-electron chi connectivity index (χ4n) is 2.92. The van der Waals surface area contributed by atoms with Crippen LogP contribution in [0.5, 0.6) is 5.75 Å². The summed E-state index contributed by atoms with van der Waals surface area (Å²) in [5.41, 5.74) is 1.21. The Bertz CT molecular complexity index is 884. The topological polar surface area (TPSA) is 84.9 Å². The highest BCUT2D eigenvalue weighted by Crippen LogP contribution is 2.27. The molecule has 1 aliphatic heterocycles. The normalized spacial score (nSPS) is 16.0.